The molecule has 5 nitrogen and oxygen atoms in total. The van der Waals surface area contributed by atoms with Crippen LogP contribution in [0.2, 0.25) is 0 Å². The Labute approximate surface area is 140 Å². The van der Waals surface area contributed by atoms with E-state index in [0.29, 0.717) is 12.5 Å². The van der Waals surface area contributed by atoms with Crippen LogP contribution in [0, 0.1) is 17.8 Å². The van der Waals surface area contributed by atoms with Gasteiger partial charge in [-0.1, -0.05) is 6.42 Å². The second kappa shape index (κ2) is 7.09. The average Bonchev–Trinajstić information content (AvgIpc) is 3.08. The molecule has 3 atom stereocenters. The number of amides is 1. The van der Waals surface area contributed by atoms with Crippen LogP contribution in [-0.4, -0.2) is 56.9 Å². The number of nitrogens with zero attached hydrogens (tertiary/aromatic N) is 1. The molecular weight excluding hydrogens is 312 g/mol. The van der Waals surface area contributed by atoms with Crippen LogP contribution in [0.3, 0.4) is 0 Å². The number of nitrogens with one attached hydrogen (secondary N) is 1. The Morgan fingerprint density at radius 3 is 2.43 bits per heavy atom. The van der Waals surface area contributed by atoms with Crippen molar-refractivity contribution in [3.63, 3.8) is 0 Å². The molecule has 2 bridgehead atoms. The Hall–Kier alpha value is -0.620. The molecule has 2 saturated carbocycles. The van der Waals surface area contributed by atoms with Crippen molar-refractivity contribution in [1.82, 2.24) is 10.2 Å². The summed E-state index contributed by atoms with van der Waals surface area (Å²) in [5.41, 5.74) is 0. The van der Waals surface area contributed by atoms with Crippen LogP contribution in [0.4, 0.5) is 0 Å². The monoisotopic (exact) mass is 342 g/mol. The van der Waals surface area contributed by atoms with E-state index in [1.54, 1.807) is 0 Å². The normalized spacial score (nSPS) is 32.3. The first-order chi connectivity index (χ1) is 10.9. The van der Waals surface area contributed by atoms with E-state index in [0.717, 1.165) is 44.2 Å². The maximum Gasteiger partial charge on any atom is 0.220 e. The fraction of sp³-hybridized carbons (Fsp3) is 0.941. The minimum absolute atomic E-state index is 0.230. The smallest absolute Gasteiger partial charge is 0.220 e. The third-order valence-corrected chi connectivity index (χ3v) is 6.99. The summed E-state index contributed by atoms with van der Waals surface area (Å²) in [5.74, 6) is 2.80. The molecule has 6 heteroatoms. The van der Waals surface area contributed by atoms with Crippen molar-refractivity contribution in [2.45, 2.75) is 51.0 Å². The molecule has 3 aliphatic rings. The van der Waals surface area contributed by atoms with E-state index < -0.39 is 9.84 Å². The van der Waals surface area contributed by atoms with Crippen LogP contribution < -0.4 is 5.32 Å². The highest BCUT2D eigenvalue weighted by molar-refractivity contribution is 7.90. The first-order valence-electron chi connectivity index (χ1n) is 9.08. The Kier molecular flexibility index (Phi) is 5.31. The minimum atomic E-state index is -2.89. The molecule has 132 valence electrons. The standard InChI is InChI=1S/C17H30N2O3S/c1-23(21,22)9-8-19-6-4-16(5-7-19)18-17(20)12-15-11-13-2-3-14(15)10-13/h13-16H,2-12H2,1H3,(H,18,20). The summed E-state index contributed by atoms with van der Waals surface area (Å²) in [7, 11) is -2.89. The lowest BCUT2D eigenvalue weighted by atomic mass is 9.86. The predicted octanol–water partition coefficient (Wildman–Crippen LogP) is 1.44. The zero-order chi connectivity index (χ0) is 16.4. The van der Waals surface area contributed by atoms with Gasteiger partial charge in [-0.2, -0.15) is 0 Å². The first kappa shape index (κ1) is 17.2. The number of sulfone groups is 1. The lowest BCUT2D eigenvalue weighted by Gasteiger charge is -2.32. The van der Waals surface area contributed by atoms with Gasteiger partial charge in [-0.05, 0) is 49.9 Å². The topological polar surface area (TPSA) is 66.5 Å². The van der Waals surface area contributed by atoms with Gasteiger partial charge in [0.25, 0.3) is 0 Å². The molecular formula is C17H30N2O3S. The van der Waals surface area contributed by atoms with Crippen molar-refractivity contribution in [3.8, 4) is 0 Å². The molecule has 3 fully saturated rings. The second-order valence-corrected chi connectivity index (χ2v) is 10.2. The molecule has 1 N–H and O–H groups in total. The number of carbonyl (C=O) groups is 1. The van der Waals surface area contributed by atoms with E-state index in [2.05, 4.69) is 10.2 Å². The first-order valence-corrected chi connectivity index (χ1v) is 11.1. The number of fused-ring (bicyclic) bond motifs is 2. The van der Waals surface area contributed by atoms with Crippen molar-refractivity contribution in [2.24, 2.45) is 17.8 Å². The van der Waals surface area contributed by atoms with Gasteiger partial charge in [-0.3, -0.25) is 4.79 Å². The molecule has 1 saturated heterocycles. The highest BCUT2D eigenvalue weighted by Gasteiger charge is 2.40. The fourth-order valence-electron chi connectivity index (χ4n) is 4.75. The molecule has 1 aliphatic heterocycles. The molecule has 3 rings (SSSR count). The number of hydrogen-bond donors (Lipinski definition) is 1. The molecule has 0 spiro atoms. The van der Waals surface area contributed by atoms with Gasteiger partial charge in [0.15, 0.2) is 0 Å². The molecule has 3 unspecified atom stereocenters. The van der Waals surface area contributed by atoms with Gasteiger partial charge in [0.2, 0.25) is 5.91 Å². The molecule has 2 aliphatic carbocycles. The Bertz CT molecular complexity index is 526. The average molecular weight is 343 g/mol. The SMILES string of the molecule is CS(=O)(=O)CCN1CCC(NC(=O)CC2CC3CCC2C3)CC1. The Morgan fingerprint density at radius 1 is 1.13 bits per heavy atom. The van der Waals surface area contributed by atoms with Crippen molar-refractivity contribution < 1.29 is 13.2 Å². The molecule has 1 amide bonds. The number of likely N-dealkylation sites (tertiary alicyclic amines) is 1. The fourth-order valence-corrected chi connectivity index (χ4v) is 5.34. The molecule has 0 aromatic heterocycles. The zero-order valence-electron chi connectivity index (χ0n) is 14.2. The summed E-state index contributed by atoms with van der Waals surface area (Å²) in [6.45, 7) is 2.38. The van der Waals surface area contributed by atoms with Gasteiger partial charge >= 0.3 is 0 Å². The third-order valence-electron chi connectivity index (χ3n) is 6.06. The van der Waals surface area contributed by atoms with E-state index in [9.17, 15) is 13.2 Å². The molecule has 0 aromatic carbocycles. The van der Waals surface area contributed by atoms with Gasteiger partial charge < -0.3 is 10.2 Å². The lowest BCUT2D eigenvalue weighted by Crippen LogP contribution is -2.46. The molecule has 0 aromatic rings. The summed E-state index contributed by atoms with van der Waals surface area (Å²) in [6.07, 6.45) is 9.22. The maximum atomic E-state index is 12.3. The predicted molar refractivity (Wildman–Crippen MR) is 90.9 cm³/mol. The van der Waals surface area contributed by atoms with Crippen molar-refractivity contribution in [2.75, 3.05) is 31.6 Å². The maximum absolute atomic E-state index is 12.3. The van der Waals surface area contributed by atoms with Gasteiger partial charge in [-0.15, -0.1) is 0 Å². The van der Waals surface area contributed by atoms with Crippen LogP contribution >= 0.6 is 0 Å². The van der Waals surface area contributed by atoms with Crippen LogP contribution in [-0.2, 0) is 14.6 Å². The van der Waals surface area contributed by atoms with Gasteiger partial charge in [0, 0.05) is 38.4 Å². The van der Waals surface area contributed by atoms with E-state index >= 15 is 0 Å². The summed E-state index contributed by atoms with van der Waals surface area (Å²) >= 11 is 0. The second-order valence-electron chi connectivity index (χ2n) is 7.95. The summed E-state index contributed by atoms with van der Waals surface area (Å²) in [5, 5.41) is 3.21. The number of piperidine rings is 1. The van der Waals surface area contributed by atoms with Gasteiger partial charge in [-0.25, -0.2) is 8.42 Å². The molecule has 1 heterocycles. The van der Waals surface area contributed by atoms with E-state index in [1.165, 1.54) is 31.9 Å². The van der Waals surface area contributed by atoms with Crippen molar-refractivity contribution >= 4 is 15.7 Å². The zero-order valence-corrected chi connectivity index (χ0v) is 15.0. The van der Waals surface area contributed by atoms with Crippen LogP contribution in [0.25, 0.3) is 0 Å². The highest BCUT2D eigenvalue weighted by atomic mass is 32.2. The third kappa shape index (κ3) is 4.92. The Morgan fingerprint density at radius 2 is 1.87 bits per heavy atom. The minimum Gasteiger partial charge on any atom is -0.353 e. The number of hydrogen-bond acceptors (Lipinski definition) is 4. The van der Waals surface area contributed by atoms with Crippen LogP contribution in [0.1, 0.15) is 44.9 Å². The van der Waals surface area contributed by atoms with Gasteiger partial charge in [0.05, 0.1) is 5.75 Å². The summed E-state index contributed by atoms with van der Waals surface area (Å²) in [4.78, 5) is 14.5. The summed E-state index contributed by atoms with van der Waals surface area (Å²) < 4.78 is 22.4. The lowest BCUT2D eigenvalue weighted by molar-refractivity contribution is -0.123. The van der Waals surface area contributed by atoms with E-state index in [-0.39, 0.29) is 17.7 Å². The van der Waals surface area contributed by atoms with Crippen molar-refractivity contribution in [1.29, 1.82) is 0 Å². The number of rotatable bonds is 6. The highest BCUT2D eigenvalue weighted by Crippen LogP contribution is 2.49. The largest absolute Gasteiger partial charge is 0.353 e. The van der Waals surface area contributed by atoms with E-state index in [1.807, 2.05) is 0 Å². The van der Waals surface area contributed by atoms with E-state index in [4.69, 9.17) is 0 Å². The summed E-state index contributed by atoms with van der Waals surface area (Å²) in [6, 6.07) is 0.274. The van der Waals surface area contributed by atoms with Crippen molar-refractivity contribution in [3.05, 3.63) is 0 Å². The number of carbonyl (C=O) groups excluding carboxylic acids is 1. The molecule has 23 heavy (non-hydrogen) atoms. The van der Waals surface area contributed by atoms with Crippen LogP contribution in [0.15, 0.2) is 0 Å². The Balaban J connectivity index is 1.34. The molecule has 0 radical (unpaired) electrons. The van der Waals surface area contributed by atoms with Gasteiger partial charge in [0.1, 0.15) is 9.84 Å². The van der Waals surface area contributed by atoms with Crippen LogP contribution in [0.5, 0.6) is 0 Å². The quantitative estimate of drug-likeness (QED) is 0.793.